The molecular formula is C30H32ClN3O3. The van der Waals surface area contributed by atoms with Crippen LogP contribution in [0.5, 0.6) is 11.5 Å². The lowest BCUT2D eigenvalue weighted by molar-refractivity contribution is -0.120. The maximum atomic E-state index is 12.4. The van der Waals surface area contributed by atoms with Gasteiger partial charge in [-0.05, 0) is 54.8 Å². The van der Waals surface area contributed by atoms with Crippen LogP contribution in [0.25, 0.3) is 17.1 Å². The molecule has 0 radical (unpaired) electrons. The second-order valence-corrected chi connectivity index (χ2v) is 9.06. The fourth-order valence-electron chi connectivity index (χ4n) is 4.26. The lowest BCUT2D eigenvalue weighted by atomic mass is 10.1. The van der Waals surface area contributed by atoms with E-state index in [2.05, 4.69) is 16.0 Å². The monoisotopic (exact) mass is 517 g/mol. The maximum Gasteiger partial charge on any atom is 0.224 e. The van der Waals surface area contributed by atoms with Crippen LogP contribution in [0.3, 0.4) is 0 Å². The van der Waals surface area contributed by atoms with Gasteiger partial charge in [0.15, 0.2) is 11.5 Å². The van der Waals surface area contributed by atoms with E-state index in [0.717, 1.165) is 52.4 Å². The third kappa shape index (κ3) is 6.92. The van der Waals surface area contributed by atoms with Gasteiger partial charge in [0.1, 0.15) is 5.82 Å². The normalized spacial score (nSPS) is 11.2. The number of halogens is 1. The number of nitrogens with one attached hydrogen (secondary N) is 1. The summed E-state index contributed by atoms with van der Waals surface area (Å²) in [6, 6.07) is 21.4. The van der Waals surface area contributed by atoms with E-state index in [1.54, 1.807) is 13.2 Å². The molecule has 0 unspecified atom stereocenters. The first-order valence-corrected chi connectivity index (χ1v) is 12.8. The first kappa shape index (κ1) is 26.3. The minimum atomic E-state index is -0.0569. The summed E-state index contributed by atoms with van der Waals surface area (Å²) in [5.41, 5.74) is 3.91. The van der Waals surface area contributed by atoms with Crippen molar-refractivity contribution in [2.75, 3.05) is 20.3 Å². The van der Waals surface area contributed by atoms with Crippen molar-refractivity contribution < 1.29 is 14.3 Å². The van der Waals surface area contributed by atoms with Crippen molar-refractivity contribution in [1.82, 2.24) is 14.9 Å². The van der Waals surface area contributed by atoms with Crippen molar-refractivity contribution in [2.45, 2.75) is 32.7 Å². The smallest absolute Gasteiger partial charge is 0.224 e. The van der Waals surface area contributed by atoms with Crippen molar-refractivity contribution in [2.24, 2.45) is 0 Å². The molecule has 4 aromatic rings. The lowest BCUT2D eigenvalue weighted by Crippen LogP contribution is -2.28. The minimum Gasteiger partial charge on any atom is -0.493 e. The summed E-state index contributed by atoms with van der Waals surface area (Å²) >= 11 is 6.19. The van der Waals surface area contributed by atoms with Crippen LogP contribution in [0.4, 0.5) is 0 Å². The highest BCUT2D eigenvalue weighted by Crippen LogP contribution is 2.29. The first-order valence-electron chi connectivity index (χ1n) is 12.5. The maximum absolute atomic E-state index is 12.4. The Morgan fingerprint density at radius 2 is 1.89 bits per heavy atom. The summed E-state index contributed by atoms with van der Waals surface area (Å²) < 4.78 is 13.8. The van der Waals surface area contributed by atoms with Gasteiger partial charge in [-0.3, -0.25) is 4.79 Å². The molecular weight excluding hydrogens is 486 g/mol. The van der Waals surface area contributed by atoms with Crippen LogP contribution in [0.1, 0.15) is 30.3 Å². The molecule has 0 saturated heterocycles. The third-order valence-corrected chi connectivity index (χ3v) is 6.41. The number of carbonyl (C=O) groups is 1. The van der Waals surface area contributed by atoms with Gasteiger partial charge >= 0.3 is 0 Å². The van der Waals surface area contributed by atoms with Gasteiger partial charge in [0.05, 0.1) is 31.2 Å². The van der Waals surface area contributed by atoms with Gasteiger partial charge in [-0.25, -0.2) is 4.98 Å². The second kappa shape index (κ2) is 13.0. The van der Waals surface area contributed by atoms with E-state index in [4.69, 9.17) is 26.1 Å². The lowest BCUT2D eigenvalue weighted by Gasteiger charge is -2.13. The van der Waals surface area contributed by atoms with E-state index in [1.165, 1.54) is 0 Å². The largest absolute Gasteiger partial charge is 0.493 e. The Hall–Kier alpha value is -3.77. The molecule has 4 rings (SSSR count). The molecule has 0 atom stereocenters. The van der Waals surface area contributed by atoms with Crippen molar-refractivity contribution in [1.29, 1.82) is 0 Å². The van der Waals surface area contributed by atoms with Crippen LogP contribution < -0.4 is 14.8 Å². The van der Waals surface area contributed by atoms with E-state index in [9.17, 15) is 4.79 Å². The average molecular weight is 518 g/mol. The van der Waals surface area contributed by atoms with E-state index >= 15 is 0 Å². The van der Waals surface area contributed by atoms with Crippen LogP contribution in [0, 0.1) is 0 Å². The predicted molar refractivity (Wildman–Crippen MR) is 149 cm³/mol. The van der Waals surface area contributed by atoms with Gasteiger partial charge in [-0.2, -0.15) is 0 Å². The van der Waals surface area contributed by atoms with Gasteiger partial charge in [0, 0.05) is 24.5 Å². The van der Waals surface area contributed by atoms with Gasteiger partial charge < -0.3 is 19.4 Å². The van der Waals surface area contributed by atoms with Crippen molar-refractivity contribution in [3.05, 3.63) is 94.8 Å². The minimum absolute atomic E-state index is 0.0569. The van der Waals surface area contributed by atoms with Crippen molar-refractivity contribution >= 4 is 34.6 Å². The molecule has 37 heavy (non-hydrogen) atoms. The number of allylic oxidation sites excluding steroid dienone is 1. The Labute approximate surface area is 222 Å². The van der Waals surface area contributed by atoms with Crippen molar-refractivity contribution in [3.8, 4) is 11.5 Å². The standard InChI is InChI=1S/C30H32ClN3O3/c1-3-9-22-14-15-27(28(20-22)36-2)37-19-8-18-34-26-13-7-6-12-25(26)33-29(34)16-17-32-30(35)21-23-10-4-5-11-24(23)31/h3-7,9-15,20H,8,16-19,21H2,1-2H3,(H,32,35)/b9-3+. The summed E-state index contributed by atoms with van der Waals surface area (Å²) in [6.45, 7) is 3.78. The van der Waals surface area contributed by atoms with Crippen LogP contribution in [0.2, 0.25) is 5.02 Å². The van der Waals surface area contributed by atoms with Crippen molar-refractivity contribution in [3.63, 3.8) is 0 Å². The highest BCUT2D eigenvalue weighted by atomic mass is 35.5. The molecule has 0 spiro atoms. The number of methoxy groups -OCH3 is 1. The van der Waals surface area contributed by atoms with Crippen LogP contribution >= 0.6 is 11.6 Å². The summed E-state index contributed by atoms with van der Waals surface area (Å²) in [4.78, 5) is 17.3. The zero-order valence-electron chi connectivity index (χ0n) is 21.2. The number of carbonyl (C=O) groups excluding carboxylic acids is 1. The Balaban J connectivity index is 1.35. The molecule has 0 aliphatic carbocycles. The van der Waals surface area contributed by atoms with Crippen LogP contribution in [-0.2, 0) is 24.2 Å². The molecule has 0 fully saturated rings. The number of aromatic nitrogens is 2. The first-order chi connectivity index (χ1) is 18.1. The number of nitrogens with zero attached hydrogens (tertiary/aromatic N) is 2. The molecule has 1 aromatic heterocycles. The van der Waals surface area contributed by atoms with Gasteiger partial charge in [0.2, 0.25) is 5.91 Å². The predicted octanol–water partition coefficient (Wildman–Crippen LogP) is 6.10. The van der Waals surface area contributed by atoms with E-state index in [0.29, 0.717) is 24.6 Å². The summed E-state index contributed by atoms with van der Waals surface area (Å²) in [5.74, 6) is 2.33. The molecule has 192 valence electrons. The number of para-hydroxylation sites is 2. The summed E-state index contributed by atoms with van der Waals surface area (Å²) in [6.07, 6.45) is 5.70. The number of aryl methyl sites for hydroxylation is 1. The number of amides is 1. The molecule has 0 saturated carbocycles. The number of rotatable bonds is 12. The Bertz CT molecular complexity index is 1380. The molecule has 1 N–H and O–H groups in total. The van der Waals surface area contributed by atoms with E-state index in [-0.39, 0.29) is 12.3 Å². The summed E-state index contributed by atoms with van der Waals surface area (Å²) in [5, 5.41) is 3.60. The highest BCUT2D eigenvalue weighted by Gasteiger charge is 2.12. The van der Waals surface area contributed by atoms with Gasteiger partial charge in [-0.15, -0.1) is 0 Å². The molecule has 6 nitrogen and oxygen atoms in total. The number of fused-ring (bicyclic) bond motifs is 1. The highest BCUT2D eigenvalue weighted by molar-refractivity contribution is 6.31. The number of hydrogen-bond acceptors (Lipinski definition) is 4. The number of ether oxygens (including phenoxy) is 2. The second-order valence-electron chi connectivity index (χ2n) is 8.65. The zero-order chi connectivity index (χ0) is 26.0. The van der Waals surface area contributed by atoms with Crippen LogP contribution in [0.15, 0.2) is 72.8 Å². The van der Waals surface area contributed by atoms with Crippen LogP contribution in [-0.4, -0.2) is 35.7 Å². The number of hydrogen-bond donors (Lipinski definition) is 1. The fourth-order valence-corrected chi connectivity index (χ4v) is 4.46. The van der Waals surface area contributed by atoms with Gasteiger partial charge in [-0.1, -0.05) is 60.2 Å². The molecule has 0 aliphatic heterocycles. The molecule has 7 heteroatoms. The summed E-state index contributed by atoms with van der Waals surface area (Å²) in [7, 11) is 1.65. The molecule has 3 aromatic carbocycles. The molecule has 1 amide bonds. The molecule has 0 aliphatic rings. The van der Waals surface area contributed by atoms with Gasteiger partial charge in [0.25, 0.3) is 0 Å². The quantitative estimate of drug-likeness (QED) is 0.230. The SMILES string of the molecule is C/C=C/c1ccc(OCCCn2c(CCNC(=O)Cc3ccccc3Cl)nc3ccccc32)c(OC)c1. The number of benzene rings is 3. The topological polar surface area (TPSA) is 65.4 Å². The Morgan fingerprint density at radius 1 is 1.08 bits per heavy atom. The zero-order valence-corrected chi connectivity index (χ0v) is 22.0. The molecule has 1 heterocycles. The Kier molecular flexibility index (Phi) is 9.22. The fraction of sp³-hybridized carbons (Fsp3) is 0.267. The average Bonchev–Trinajstić information content (AvgIpc) is 3.26. The van der Waals surface area contributed by atoms with E-state index in [1.807, 2.05) is 73.7 Å². The third-order valence-electron chi connectivity index (χ3n) is 6.04. The molecule has 0 bridgehead atoms. The Morgan fingerprint density at radius 3 is 2.70 bits per heavy atom. The number of imidazole rings is 1. The van der Waals surface area contributed by atoms with E-state index < -0.39 is 0 Å².